The molecule has 0 unspecified atom stereocenters. The molecule has 0 radical (unpaired) electrons. The minimum absolute atomic E-state index is 0.258. The number of nitrogens with zero attached hydrogens (tertiary/aromatic N) is 2. The first-order valence-electron chi connectivity index (χ1n) is 7.72. The highest BCUT2D eigenvalue weighted by atomic mass is 16.5. The van der Waals surface area contributed by atoms with Gasteiger partial charge in [-0.15, -0.1) is 0 Å². The van der Waals surface area contributed by atoms with Crippen molar-refractivity contribution in [3.63, 3.8) is 0 Å². The van der Waals surface area contributed by atoms with Crippen LogP contribution in [0, 0.1) is 6.92 Å². The van der Waals surface area contributed by atoms with Gasteiger partial charge in [0.1, 0.15) is 5.82 Å². The Morgan fingerprint density at radius 3 is 2.95 bits per heavy atom. The third-order valence-electron chi connectivity index (χ3n) is 4.77. The first kappa shape index (κ1) is 14.0. The highest BCUT2D eigenvalue weighted by Gasteiger charge is 2.45. The number of aromatic nitrogens is 2. The van der Waals surface area contributed by atoms with Crippen LogP contribution in [0.5, 0.6) is 0 Å². The molecule has 1 aromatic rings. The number of hydrogen-bond donors (Lipinski definition) is 2. The van der Waals surface area contributed by atoms with Crippen LogP contribution in [-0.2, 0) is 17.7 Å². The lowest BCUT2D eigenvalue weighted by atomic mass is 9.86. The Morgan fingerprint density at radius 2 is 2.35 bits per heavy atom. The SMILES string of the molecule is CCc1nc(CN2CC[C@@]3(CCCO3)[C@@H](O)C2)c(C)[nH]1. The van der Waals surface area contributed by atoms with Gasteiger partial charge >= 0.3 is 0 Å². The summed E-state index contributed by atoms with van der Waals surface area (Å²) in [5.41, 5.74) is 2.00. The number of imidazole rings is 1. The molecule has 5 heteroatoms. The third kappa shape index (κ3) is 2.50. The van der Waals surface area contributed by atoms with Crippen molar-refractivity contribution in [2.75, 3.05) is 19.7 Å². The molecule has 1 spiro atoms. The van der Waals surface area contributed by atoms with Crippen LogP contribution in [0.2, 0.25) is 0 Å². The minimum Gasteiger partial charge on any atom is -0.389 e. The number of β-amino-alcohol motifs (C(OH)–C–C–N with tert-alkyl or cyclic N) is 1. The molecule has 2 atom stereocenters. The molecule has 2 N–H and O–H groups in total. The maximum atomic E-state index is 10.4. The molecule has 0 amide bonds. The summed E-state index contributed by atoms with van der Waals surface area (Å²) in [6.07, 6.45) is 3.57. The summed E-state index contributed by atoms with van der Waals surface area (Å²) in [5.74, 6) is 1.05. The average Bonchev–Trinajstić information content (AvgIpc) is 3.03. The van der Waals surface area contributed by atoms with Crippen LogP contribution >= 0.6 is 0 Å². The van der Waals surface area contributed by atoms with E-state index < -0.39 is 0 Å². The lowest BCUT2D eigenvalue weighted by molar-refractivity contribution is -0.130. The van der Waals surface area contributed by atoms with E-state index in [9.17, 15) is 5.11 Å². The van der Waals surface area contributed by atoms with Gasteiger partial charge in [-0.2, -0.15) is 0 Å². The van der Waals surface area contributed by atoms with E-state index >= 15 is 0 Å². The number of hydrogen-bond acceptors (Lipinski definition) is 4. The van der Waals surface area contributed by atoms with Crippen LogP contribution in [0.1, 0.15) is 43.4 Å². The van der Waals surface area contributed by atoms with Crippen molar-refractivity contribution in [3.8, 4) is 0 Å². The van der Waals surface area contributed by atoms with Gasteiger partial charge < -0.3 is 14.8 Å². The maximum Gasteiger partial charge on any atom is 0.106 e. The number of aliphatic hydroxyl groups is 1. The molecule has 0 bridgehead atoms. The third-order valence-corrected chi connectivity index (χ3v) is 4.77. The quantitative estimate of drug-likeness (QED) is 0.878. The van der Waals surface area contributed by atoms with Gasteiger partial charge in [-0.25, -0.2) is 4.98 Å². The van der Waals surface area contributed by atoms with Crippen molar-refractivity contribution in [1.29, 1.82) is 0 Å². The van der Waals surface area contributed by atoms with Crippen molar-refractivity contribution in [1.82, 2.24) is 14.9 Å². The number of piperidine rings is 1. The van der Waals surface area contributed by atoms with E-state index in [1.54, 1.807) is 0 Å². The lowest BCUT2D eigenvalue weighted by Crippen LogP contribution is -2.54. The van der Waals surface area contributed by atoms with Gasteiger partial charge in [0, 0.05) is 38.4 Å². The molecule has 2 aliphatic rings. The molecular formula is C15H25N3O2. The largest absolute Gasteiger partial charge is 0.389 e. The van der Waals surface area contributed by atoms with E-state index in [1.165, 1.54) is 0 Å². The normalized spacial score (nSPS) is 31.2. The molecule has 0 aromatic carbocycles. The summed E-state index contributed by atoms with van der Waals surface area (Å²) in [5, 5.41) is 10.4. The predicted molar refractivity (Wildman–Crippen MR) is 76.5 cm³/mol. The number of ether oxygens (including phenoxy) is 1. The summed E-state index contributed by atoms with van der Waals surface area (Å²) < 4.78 is 5.84. The van der Waals surface area contributed by atoms with Gasteiger partial charge in [-0.05, 0) is 26.2 Å². The zero-order chi connectivity index (χ0) is 14.2. The molecule has 0 saturated carbocycles. The molecule has 1 aromatic heterocycles. The smallest absolute Gasteiger partial charge is 0.106 e. The highest BCUT2D eigenvalue weighted by Crippen LogP contribution is 2.36. The molecule has 20 heavy (non-hydrogen) atoms. The zero-order valence-corrected chi connectivity index (χ0v) is 12.5. The van der Waals surface area contributed by atoms with Crippen molar-refractivity contribution in [3.05, 3.63) is 17.2 Å². The van der Waals surface area contributed by atoms with Crippen molar-refractivity contribution >= 4 is 0 Å². The monoisotopic (exact) mass is 279 g/mol. The number of H-pyrrole nitrogens is 1. The summed E-state index contributed by atoms with van der Waals surface area (Å²) in [4.78, 5) is 10.2. The zero-order valence-electron chi connectivity index (χ0n) is 12.5. The second-order valence-electron chi connectivity index (χ2n) is 6.13. The van der Waals surface area contributed by atoms with E-state index in [0.29, 0.717) is 6.54 Å². The summed E-state index contributed by atoms with van der Waals surface area (Å²) >= 11 is 0. The number of nitrogens with one attached hydrogen (secondary N) is 1. The van der Waals surface area contributed by atoms with Gasteiger partial charge in [0.2, 0.25) is 0 Å². The molecule has 112 valence electrons. The fourth-order valence-electron chi connectivity index (χ4n) is 3.44. The molecule has 3 heterocycles. The Kier molecular flexibility index (Phi) is 3.84. The van der Waals surface area contributed by atoms with E-state index in [-0.39, 0.29) is 11.7 Å². The Bertz CT molecular complexity index is 466. The summed E-state index contributed by atoms with van der Waals surface area (Å²) in [6, 6.07) is 0. The van der Waals surface area contributed by atoms with Crippen LogP contribution in [0.4, 0.5) is 0 Å². The summed E-state index contributed by atoms with van der Waals surface area (Å²) in [6.45, 7) is 7.46. The Morgan fingerprint density at radius 1 is 1.50 bits per heavy atom. The standard InChI is InChI=1S/C15H25N3O2/c1-3-14-16-11(2)12(17-14)9-18-7-6-15(13(19)10-18)5-4-8-20-15/h13,19H,3-10H2,1-2H3,(H,16,17)/t13-,15-/m0/s1. The first-order valence-corrected chi connectivity index (χ1v) is 7.72. The predicted octanol–water partition coefficient (Wildman–Crippen LogP) is 1.40. The number of aryl methyl sites for hydroxylation is 2. The van der Waals surface area contributed by atoms with Crippen LogP contribution < -0.4 is 0 Å². The maximum absolute atomic E-state index is 10.4. The Labute approximate surface area is 120 Å². The van der Waals surface area contributed by atoms with Crippen molar-refractivity contribution in [2.24, 2.45) is 0 Å². The van der Waals surface area contributed by atoms with Gasteiger partial charge in [0.25, 0.3) is 0 Å². The number of aliphatic hydroxyl groups excluding tert-OH is 1. The fraction of sp³-hybridized carbons (Fsp3) is 0.800. The fourth-order valence-corrected chi connectivity index (χ4v) is 3.44. The topological polar surface area (TPSA) is 61.4 Å². The second kappa shape index (κ2) is 5.47. The Balaban J connectivity index is 1.63. The second-order valence-corrected chi connectivity index (χ2v) is 6.13. The van der Waals surface area contributed by atoms with Gasteiger partial charge in [-0.3, -0.25) is 4.90 Å². The van der Waals surface area contributed by atoms with E-state index in [4.69, 9.17) is 4.74 Å². The van der Waals surface area contributed by atoms with Crippen LogP contribution in [0.25, 0.3) is 0 Å². The molecule has 2 saturated heterocycles. The van der Waals surface area contributed by atoms with Crippen molar-refractivity contribution < 1.29 is 9.84 Å². The first-order chi connectivity index (χ1) is 9.63. The van der Waals surface area contributed by atoms with Gasteiger partial charge in [0.15, 0.2) is 0 Å². The van der Waals surface area contributed by atoms with E-state index in [2.05, 4.69) is 28.7 Å². The van der Waals surface area contributed by atoms with E-state index in [1.807, 2.05) is 0 Å². The summed E-state index contributed by atoms with van der Waals surface area (Å²) in [7, 11) is 0. The van der Waals surface area contributed by atoms with Crippen molar-refractivity contribution in [2.45, 2.75) is 57.8 Å². The minimum atomic E-state index is -0.372. The number of likely N-dealkylation sites (tertiary alicyclic amines) is 1. The molecule has 3 rings (SSSR count). The van der Waals surface area contributed by atoms with Crippen LogP contribution in [-0.4, -0.2) is 51.4 Å². The molecule has 2 aliphatic heterocycles. The number of aromatic amines is 1. The molecule has 5 nitrogen and oxygen atoms in total. The lowest BCUT2D eigenvalue weighted by Gasteiger charge is -2.42. The Hall–Kier alpha value is -0.910. The van der Waals surface area contributed by atoms with Gasteiger partial charge in [0.05, 0.1) is 17.4 Å². The average molecular weight is 279 g/mol. The highest BCUT2D eigenvalue weighted by molar-refractivity contribution is 5.13. The van der Waals surface area contributed by atoms with E-state index in [0.717, 1.165) is 62.6 Å². The van der Waals surface area contributed by atoms with Crippen LogP contribution in [0.15, 0.2) is 0 Å². The van der Waals surface area contributed by atoms with Gasteiger partial charge in [-0.1, -0.05) is 6.92 Å². The van der Waals surface area contributed by atoms with Crippen LogP contribution in [0.3, 0.4) is 0 Å². The molecular weight excluding hydrogens is 254 g/mol. The molecule has 0 aliphatic carbocycles. The number of rotatable bonds is 3. The molecule has 2 fully saturated rings.